The highest BCUT2D eigenvalue weighted by molar-refractivity contribution is 7.12. The third kappa shape index (κ3) is 2.26. The summed E-state index contributed by atoms with van der Waals surface area (Å²) in [5, 5.41) is 2.53. The largest absolute Gasteiger partial charge is 0.320 e. The summed E-state index contributed by atoms with van der Waals surface area (Å²) < 4.78 is 0. The Morgan fingerprint density at radius 1 is 1.05 bits per heavy atom. The first-order valence-corrected chi connectivity index (χ1v) is 7.84. The smallest absolute Gasteiger partial charge is 0.0654 e. The highest BCUT2D eigenvalue weighted by Crippen LogP contribution is 2.33. The zero-order valence-electron chi connectivity index (χ0n) is 11.9. The average molecular weight is 281 g/mol. The number of benzene rings is 2. The predicted molar refractivity (Wildman–Crippen MR) is 88.4 cm³/mol. The highest BCUT2D eigenvalue weighted by atomic mass is 32.1. The molecule has 0 radical (unpaired) electrons. The summed E-state index contributed by atoms with van der Waals surface area (Å²) >= 11 is 1.83. The van der Waals surface area contributed by atoms with Crippen molar-refractivity contribution in [1.29, 1.82) is 0 Å². The minimum Gasteiger partial charge on any atom is -0.320 e. The topological polar surface area (TPSA) is 26.0 Å². The summed E-state index contributed by atoms with van der Waals surface area (Å²) in [6.45, 7) is 4.33. The van der Waals surface area contributed by atoms with Gasteiger partial charge in [0, 0.05) is 9.75 Å². The molecule has 0 aliphatic carbocycles. The summed E-state index contributed by atoms with van der Waals surface area (Å²) in [4.78, 5) is 2.65. The Hall–Kier alpha value is -1.64. The Balaban J connectivity index is 2.15. The molecule has 2 N–H and O–H groups in total. The van der Waals surface area contributed by atoms with E-state index in [-0.39, 0.29) is 6.04 Å². The van der Waals surface area contributed by atoms with E-state index in [2.05, 4.69) is 62.4 Å². The van der Waals surface area contributed by atoms with E-state index in [0.29, 0.717) is 0 Å². The Morgan fingerprint density at radius 2 is 1.85 bits per heavy atom. The summed E-state index contributed by atoms with van der Waals surface area (Å²) in [6.07, 6.45) is 1.08. The van der Waals surface area contributed by atoms with E-state index in [1.807, 2.05) is 11.3 Å². The van der Waals surface area contributed by atoms with Crippen LogP contribution in [0.25, 0.3) is 10.8 Å². The molecule has 0 saturated heterocycles. The number of fused-ring (bicyclic) bond motifs is 1. The quantitative estimate of drug-likeness (QED) is 0.731. The van der Waals surface area contributed by atoms with Gasteiger partial charge in [0.1, 0.15) is 0 Å². The second kappa shape index (κ2) is 5.39. The van der Waals surface area contributed by atoms with Gasteiger partial charge in [-0.1, -0.05) is 43.3 Å². The number of hydrogen-bond acceptors (Lipinski definition) is 2. The molecule has 0 aliphatic rings. The van der Waals surface area contributed by atoms with Gasteiger partial charge in [0.15, 0.2) is 0 Å². The molecule has 20 heavy (non-hydrogen) atoms. The van der Waals surface area contributed by atoms with Gasteiger partial charge in [-0.05, 0) is 47.4 Å². The van der Waals surface area contributed by atoms with Crippen LogP contribution in [0, 0.1) is 6.92 Å². The van der Waals surface area contributed by atoms with E-state index in [1.165, 1.54) is 31.7 Å². The molecule has 0 amide bonds. The van der Waals surface area contributed by atoms with Crippen molar-refractivity contribution in [3.63, 3.8) is 0 Å². The molecule has 1 nitrogen and oxygen atoms in total. The molecule has 0 bridgehead atoms. The third-order valence-corrected chi connectivity index (χ3v) is 5.15. The fourth-order valence-electron chi connectivity index (χ4n) is 2.71. The number of thiophene rings is 1. The van der Waals surface area contributed by atoms with E-state index in [4.69, 9.17) is 5.73 Å². The van der Waals surface area contributed by atoms with Crippen LogP contribution in [0.2, 0.25) is 0 Å². The first kappa shape index (κ1) is 13.3. The van der Waals surface area contributed by atoms with Crippen LogP contribution in [0.15, 0.2) is 48.5 Å². The van der Waals surface area contributed by atoms with E-state index < -0.39 is 0 Å². The molecule has 0 spiro atoms. The molecular formula is C18H19NS. The lowest BCUT2D eigenvalue weighted by Crippen LogP contribution is -2.12. The number of aryl methyl sites for hydroxylation is 2. The molecule has 0 saturated carbocycles. The Kier molecular flexibility index (Phi) is 3.60. The van der Waals surface area contributed by atoms with E-state index in [0.717, 1.165) is 6.42 Å². The van der Waals surface area contributed by atoms with Crippen LogP contribution in [0.4, 0.5) is 0 Å². The van der Waals surface area contributed by atoms with Crippen molar-refractivity contribution in [1.82, 2.24) is 0 Å². The Bertz CT molecular complexity index is 742. The maximum Gasteiger partial charge on any atom is 0.0654 e. The molecule has 2 aromatic carbocycles. The van der Waals surface area contributed by atoms with Crippen LogP contribution in [0.5, 0.6) is 0 Å². The molecule has 3 rings (SSSR count). The van der Waals surface area contributed by atoms with Crippen LogP contribution in [-0.2, 0) is 6.42 Å². The minimum absolute atomic E-state index is 0.0357. The van der Waals surface area contributed by atoms with Gasteiger partial charge in [0.05, 0.1) is 6.04 Å². The van der Waals surface area contributed by atoms with Crippen molar-refractivity contribution in [3.8, 4) is 0 Å². The Morgan fingerprint density at radius 3 is 2.60 bits per heavy atom. The Labute approximate surface area is 124 Å². The van der Waals surface area contributed by atoms with Crippen molar-refractivity contribution in [2.24, 2.45) is 5.73 Å². The van der Waals surface area contributed by atoms with E-state index >= 15 is 0 Å². The fourth-order valence-corrected chi connectivity index (χ4v) is 3.68. The summed E-state index contributed by atoms with van der Waals surface area (Å²) in [5.41, 5.74) is 9.09. The molecule has 0 fully saturated rings. The van der Waals surface area contributed by atoms with Crippen molar-refractivity contribution >= 4 is 22.1 Å². The van der Waals surface area contributed by atoms with Crippen molar-refractivity contribution < 1.29 is 0 Å². The van der Waals surface area contributed by atoms with E-state index in [1.54, 1.807) is 0 Å². The molecule has 1 heterocycles. The standard InChI is InChI=1S/C18H19NS/c1-3-14-10-11-16(20-14)18(19)17-12(2)8-9-13-6-4-5-7-15(13)17/h4-11,18H,3,19H2,1-2H3. The second-order valence-electron chi connectivity index (χ2n) is 5.15. The minimum atomic E-state index is -0.0357. The first-order valence-electron chi connectivity index (χ1n) is 7.03. The van der Waals surface area contributed by atoms with Gasteiger partial charge in [0.25, 0.3) is 0 Å². The predicted octanol–water partition coefficient (Wildman–Crippen LogP) is 4.82. The van der Waals surface area contributed by atoms with Crippen LogP contribution in [-0.4, -0.2) is 0 Å². The zero-order chi connectivity index (χ0) is 14.1. The van der Waals surface area contributed by atoms with Gasteiger partial charge in [-0.25, -0.2) is 0 Å². The molecule has 0 aliphatic heterocycles. The van der Waals surface area contributed by atoms with Crippen LogP contribution < -0.4 is 5.73 Å². The van der Waals surface area contributed by atoms with E-state index in [9.17, 15) is 0 Å². The van der Waals surface area contributed by atoms with Gasteiger partial charge < -0.3 is 5.73 Å². The summed E-state index contributed by atoms with van der Waals surface area (Å²) in [6, 6.07) is 17.2. The summed E-state index contributed by atoms with van der Waals surface area (Å²) in [5.74, 6) is 0. The third-order valence-electron chi connectivity index (χ3n) is 3.84. The monoisotopic (exact) mass is 281 g/mol. The van der Waals surface area contributed by atoms with Gasteiger partial charge in [-0.15, -0.1) is 11.3 Å². The van der Waals surface area contributed by atoms with Crippen LogP contribution in [0.3, 0.4) is 0 Å². The summed E-state index contributed by atoms with van der Waals surface area (Å²) in [7, 11) is 0. The molecule has 2 heteroatoms. The molecule has 1 aromatic heterocycles. The average Bonchev–Trinajstić information content (AvgIpc) is 2.95. The van der Waals surface area contributed by atoms with Gasteiger partial charge >= 0.3 is 0 Å². The van der Waals surface area contributed by atoms with Crippen LogP contribution >= 0.6 is 11.3 Å². The maximum absolute atomic E-state index is 6.56. The lowest BCUT2D eigenvalue weighted by atomic mass is 9.94. The molecular weight excluding hydrogens is 262 g/mol. The normalized spacial score (nSPS) is 12.8. The van der Waals surface area contributed by atoms with Gasteiger partial charge in [0.2, 0.25) is 0 Å². The lowest BCUT2D eigenvalue weighted by molar-refractivity contribution is 0.893. The van der Waals surface area contributed by atoms with Gasteiger partial charge in [-0.2, -0.15) is 0 Å². The molecule has 1 unspecified atom stereocenters. The number of nitrogens with two attached hydrogens (primary N) is 1. The zero-order valence-corrected chi connectivity index (χ0v) is 12.7. The number of rotatable bonds is 3. The fraction of sp³-hybridized carbons (Fsp3) is 0.222. The molecule has 102 valence electrons. The molecule has 3 aromatic rings. The highest BCUT2D eigenvalue weighted by Gasteiger charge is 2.16. The second-order valence-corrected chi connectivity index (χ2v) is 6.35. The first-order chi connectivity index (χ1) is 9.70. The molecule has 1 atom stereocenters. The maximum atomic E-state index is 6.56. The number of hydrogen-bond donors (Lipinski definition) is 1. The lowest BCUT2D eigenvalue weighted by Gasteiger charge is -2.16. The van der Waals surface area contributed by atoms with Crippen LogP contribution in [0.1, 0.15) is 33.8 Å². The SMILES string of the molecule is CCc1ccc(C(N)c2c(C)ccc3ccccc23)s1. The van der Waals surface area contributed by atoms with Crippen molar-refractivity contribution in [3.05, 3.63) is 69.4 Å². The van der Waals surface area contributed by atoms with Crippen molar-refractivity contribution in [2.45, 2.75) is 26.3 Å². The van der Waals surface area contributed by atoms with Crippen molar-refractivity contribution in [2.75, 3.05) is 0 Å². The van der Waals surface area contributed by atoms with Gasteiger partial charge in [-0.3, -0.25) is 0 Å².